The van der Waals surface area contributed by atoms with Crippen LogP contribution in [0.1, 0.15) is 29.5 Å². The quantitative estimate of drug-likeness (QED) is 0.831. The number of halogens is 1. The van der Waals surface area contributed by atoms with Crippen LogP contribution >= 0.6 is 15.9 Å². The third-order valence-corrected chi connectivity index (χ3v) is 3.93. The molecule has 0 saturated carbocycles. The van der Waals surface area contributed by atoms with E-state index in [1.54, 1.807) is 7.11 Å². The molecular formula is C13H14BrNO. The Morgan fingerprint density at radius 2 is 2.19 bits per heavy atom. The van der Waals surface area contributed by atoms with Gasteiger partial charge in [0.1, 0.15) is 5.75 Å². The van der Waals surface area contributed by atoms with Gasteiger partial charge in [0.05, 0.1) is 24.1 Å². The minimum Gasteiger partial charge on any atom is -0.495 e. The maximum Gasteiger partial charge on any atom is 0.137 e. The molecule has 0 aromatic heterocycles. The van der Waals surface area contributed by atoms with E-state index < -0.39 is 0 Å². The van der Waals surface area contributed by atoms with Gasteiger partial charge >= 0.3 is 0 Å². The van der Waals surface area contributed by atoms with Crippen molar-refractivity contribution < 1.29 is 4.74 Å². The zero-order valence-corrected chi connectivity index (χ0v) is 10.9. The minimum absolute atomic E-state index is 0.412. The standard InChI is InChI=1S/C13H14BrNO/c1-16-13-10(6-7-15)8-9-4-2-3-5-11(9)12(13)14/h8H,2-6H2,1H3. The molecule has 0 amide bonds. The Balaban J connectivity index is 2.55. The maximum absolute atomic E-state index is 8.81. The number of benzene rings is 1. The minimum atomic E-state index is 0.412. The van der Waals surface area contributed by atoms with Crippen molar-refractivity contribution in [3.63, 3.8) is 0 Å². The van der Waals surface area contributed by atoms with E-state index >= 15 is 0 Å². The van der Waals surface area contributed by atoms with Crippen LogP contribution in [-0.4, -0.2) is 7.11 Å². The molecule has 0 spiro atoms. The first-order chi connectivity index (χ1) is 7.77. The summed E-state index contributed by atoms with van der Waals surface area (Å²) in [6.45, 7) is 0. The average molecular weight is 280 g/mol. The summed E-state index contributed by atoms with van der Waals surface area (Å²) < 4.78 is 6.45. The number of hydrogen-bond acceptors (Lipinski definition) is 2. The fraction of sp³-hybridized carbons (Fsp3) is 0.462. The second-order valence-electron chi connectivity index (χ2n) is 4.06. The molecule has 2 nitrogen and oxygen atoms in total. The molecule has 1 aliphatic carbocycles. The van der Waals surface area contributed by atoms with E-state index in [2.05, 4.69) is 28.1 Å². The number of fused-ring (bicyclic) bond motifs is 1. The van der Waals surface area contributed by atoms with Crippen molar-refractivity contribution in [2.75, 3.05) is 7.11 Å². The lowest BCUT2D eigenvalue weighted by molar-refractivity contribution is 0.406. The normalized spacial score (nSPS) is 14.1. The van der Waals surface area contributed by atoms with E-state index in [9.17, 15) is 0 Å². The highest BCUT2D eigenvalue weighted by atomic mass is 79.9. The lowest BCUT2D eigenvalue weighted by Gasteiger charge is -2.21. The van der Waals surface area contributed by atoms with Gasteiger partial charge in [0, 0.05) is 5.56 Å². The molecule has 16 heavy (non-hydrogen) atoms. The van der Waals surface area contributed by atoms with Gasteiger partial charge in [0.25, 0.3) is 0 Å². The van der Waals surface area contributed by atoms with Gasteiger partial charge in [-0.1, -0.05) is 6.07 Å². The fourth-order valence-corrected chi connectivity index (χ4v) is 3.20. The number of aryl methyl sites for hydroxylation is 1. The second-order valence-corrected chi connectivity index (χ2v) is 4.86. The Labute approximate surface area is 104 Å². The van der Waals surface area contributed by atoms with E-state index in [0.717, 1.165) is 28.6 Å². The fourth-order valence-electron chi connectivity index (χ4n) is 2.33. The van der Waals surface area contributed by atoms with E-state index in [0.29, 0.717) is 6.42 Å². The lowest BCUT2D eigenvalue weighted by Crippen LogP contribution is -2.06. The Kier molecular flexibility index (Phi) is 3.50. The Bertz CT molecular complexity index is 448. The monoisotopic (exact) mass is 279 g/mol. The highest BCUT2D eigenvalue weighted by Gasteiger charge is 2.18. The van der Waals surface area contributed by atoms with E-state index in [-0.39, 0.29) is 0 Å². The molecule has 3 heteroatoms. The molecule has 0 bridgehead atoms. The zero-order chi connectivity index (χ0) is 11.5. The van der Waals surface area contributed by atoms with Crippen LogP contribution in [0.5, 0.6) is 5.75 Å². The summed E-state index contributed by atoms with van der Waals surface area (Å²) in [5, 5.41) is 8.81. The summed E-state index contributed by atoms with van der Waals surface area (Å²) in [6, 6.07) is 4.33. The maximum atomic E-state index is 8.81. The first kappa shape index (κ1) is 11.5. The SMILES string of the molecule is COc1c(CC#N)cc2c(c1Br)CCCC2. The van der Waals surface area contributed by atoms with Gasteiger partial charge in [-0.05, 0) is 52.7 Å². The molecular weight excluding hydrogens is 266 g/mol. The number of nitriles is 1. The predicted molar refractivity (Wildman–Crippen MR) is 66.7 cm³/mol. The van der Waals surface area contributed by atoms with Gasteiger partial charge in [-0.2, -0.15) is 5.26 Å². The van der Waals surface area contributed by atoms with Crippen molar-refractivity contribution in [1.29, 1.82) is 5.26 Å². The number of hydrogen-bond donors (Lipinski definition) is 0. The van der Waals surface area contributed by atoms with Crippen LogP contribution in [0.3, 0.4) is 0 Å². The molecule has 1 aromatic carbocycles. The molecule has 1 aromatic rings. The lowest BCUT2D eigenvalue weighted by atomic mass is 9.89. The molecule has 0 radical (unpaired) electrons. The molecule has 0 saturated heterocycles. The molecule has 2 rings (SSSR count). The van der Waals surface area contributed by atoms with Crippen LogP contribution in [-0.2, 0) is 19.3 Å². The molecule has 0 atom stereocenters. The Morgan fingerprint density at radius 3 is 2.88 bits per heavy atom. The van der Waals surface area contributed by atoms with Crippen LogP contribution in [0, 0.1) is 11.3 Å². The third-order valence-electron chi connectivity index (χ3n) is 3.09. The summed E-state index contributed by atoms with van der Waals surface area (Å²) in [7, 11) is 1.66. The molecule has 0 fully saturated rings. The van der Waals surface area contributed by atoms with Gasteiger partial charge in [-0.15, -0.1) is 0 Å². The number of methoxy groups -OCH3 is 1. The van der Waals surface area contributed by atoms with E-state index in [1.807, 2.05) is 0 Å². The van der Waals surface area contributed by atoms with Gasteiger partial charge in [-0.3, -0.25) is 0 Å². The van der Waals surface area contributed by atoms with Gasteiger partial charge in [0.15, 0.2) is 0 Å². The van der Waals surface area contributed by atoms with Crippen LogP contribution in [0.2, 0.25) is 0 Å². The topological polar surface area (TPSA) is 33.0 Å². The molecule has 0 heterocycles. The smallest absolute Gasteiger partial charge is 0.137 e. The van der Waals surface area contributed by atoms with Crippen molar-refractivity contribution in [3.8, 4) is 11.8 Å². The van der Waals surface area contributed by atoms with E-state index in [1.165, 1.54) is 24.0 Å². The summed E-state index contributed by atoms with van der Waals surface area (Å²) >= 11 is 3.61. The van der Waals surface area contributed by atoms with Crippen LogP contribution in [0.4, 0.5) is 0 Å². The van der Waals surface area contributed by atoms with Crippen molar-refractivity contribution in [2.24, 2.45) is 0 Å². The first-order valence-corrected chi connectivity index (χ1v) is 6.31. The van der Waals surface area contributed by atoms with Gasteiger partial charge < -0.3 is 4.74 Å². The molecule has 0 N–H and O–H groups in total. The molecule has 0 unspecified atom stereocenters. The van der Waals surface area contributed by atoms with E-state index in [4.69, 9.17) is 10.00 Å². The predicted octanol–water partition coefficient (Wildman–Crippen LogP) is 3.40. The molecule has 1 aliphatic rings. The molecule has 84 valence electrons. The Hall–Kier alpha value is -1.01. The molecule has 0 aliphatic heterocycles. The van der Waals surface area contributed by atoms with Crippen molar-refractivity contribution in [3.05, 3.63) is 27.2 Å². The van der Waals surface area contributed by atoms with Crippen LogP contribution in [0.25, 0.3) is 0 Å². The van der Waals surface area contributed by atoms with Crippen molar-refractivity contribution in [2.45, 2.75) is 32.1 Å². The largest absolute Gasteiger partial charge is 0.495 e. The van der Waals surface area contributed by atoms with Crippen LogP contribution < -0.4 is 4.74 Å². The summed E-state index contributed by atoms with van der Waals surface area (Å²) in [5.74, 6) is 0.835. The Morgan fingerprint density at radius 1 is 1.44 bits per heavy atom. The van der Waals surface area contributed by atoms with Gasteiger partial charge in [-0.25, -0.2) is 0 Å². The first-order valence-electron chi connectivity index (χ1n) is 5.52. The van der Waals surface area contributed by atoms with Crippen LogP contribution in [0.15, 0.2) is 10.5 Å². The van der Waals surface area contributed by atoms with Crippen molar-refractivity contribution in [1.82, 2.24) is 0 Å². The third kappa shape index (κ3) is 1.94. The number of ether oxygens (including phenoxy) is 1. The summed E-state index contributed by atoms with van der Waals surface area (Å²) in [6.07, 6.45) is 5.13. The summed E-state index contributed by atoms with van der Waals surface area (Å²) in [5.41, 5.74) is 3.74. The zero-order valence-electron chi connectivity index (χ0n) is 9.35. The second kappa shape index (κ2) is 4.88. The van der Waals surface area contributed by atoms with Gasteiger partial charge in [0.2, 0.25) is 0 Å². The summed E-state index contributed by atoms with van der Waals surface area (Å²) in [4.78, 5) is 0. The number of nitrogens with zero attached hydrogens (tertiary/aromatic N) is 1. The highest BCUT2D eigenvalue weighted by Crippen LogP contribution is 2.38. The average Bonchev–Trinajstić information content (AvgIpc) is 2.30. The highest BCUT2D eigenvalue weighted by molar-refractivity contribution is 9.10. The number of rotatable bonds is 2. The van der Waals surface area contributed by atoms with Crippen molar-refractivity contribution >= 4 is 15.9 Å².